The zero-order valence-corrected chi connectivity index (χ0v) is 7.68. The van der Waals surface area contributed by atoms with E-state index in [1.54, 1.807) is 6.07 Å². The average Bonchev–Trinajstić information content (AvgIpc) is 2.23. The second kappa shape index (κ2) is 3.13. The second-order valence-electron chi connectivity index (χ2n) is 3.14. The van der Waals surface area contributed by atoms with Gasteiger partial charge in [-0.05, 0) is 29.7 Å². The Kier molecular flexibility index (Phi) is 1.93. The Labute approximate surface area is 84.3 Å². The molecule has 5 heteroatoms. The van der Waals surface area contributed by atoms with Crippen LogP contribution in [0.1, 0.15) is 10.4 Å². The summed E-state index contributed by atoms with van der Waals surface area (Å²) < 4.78 is 0.961. The number of benzene rings is 1. The van der Waals surface area contributed by atoms with Crippen molar-refractivity contribution in [3.05, 3.63) is 46.4 Å². The molecule has 2 rings (SSSR count). The molecule has 0 saturated heterocycles. The van der Waals surface area contributed by atoms with E-state index in [2.05, 4.69) is 0 Å². The summed E-state index contributed by atoms with van der Waals surface area (Å²) >= 11 is 0. The predicted octanol–water partition coefficient (Wildman–Crippen LogP) is 0.413. The van der Waals surface area contributed by atoms with Gasteiger partial charge in [0.1, 0.15) is 0 Å². The first kappa shape index (κ1) is 9.26. The van der Waals surface area contributed by atoms with Crippen molar-refractivity contribution in [3.63, 3.8) is 0 Å². The summed E-state index contributed by atoms with van der Waals surface area (Å²) in [6, 6.07) is 5.89. The van der Waals surface area contributed by atoms with Crippen LogP contribution in [-0.4, -0.2) is 15.8 Å². The zero-order valence-electron chi connectivity index (χ0n) is 7.68. The zero-order chi connectivity index (χ0) is 11.0. The molecule has 5 nitrogen and oxygen atoms in total. The summed E-state index contributed by atoms with van der Waals surface area (Å²) in [5.41, 5.74) is -0.193. The fourth-order valence-corrected chi connectivity index (χ4v) is 1.40. The summed E-state index contributed by atoms with van der Waals surface area (Å²) in [6.07, 6.45) is 1.40. The lowest BCUT2D eigenvalue weighted by Crippen LogP contribution is -2.26. The summed E-state index contributed by atoms with van der Waals surface area (Å²) in [5, 5.41) is 9.74. The minimum atomic E-state index is -1.02. The van der Waals surface area contributed by atoms with Crippen LogP contribution in [0.15, 0.2) is 35.3 Å². The quantitative estimate of drug-likeness (QED) is 0.659. The van der Waals surface area contributed by atoms with Crippen LogP contribution >= 0.6 is 0 Å². The van der Waals surface area contributed by atoms with Crippen LogP contribution in [0.3, 0.4) is 0 Å². The van der Waals surface area contributed by atoms with Gasteiger partial charge in [0.25, 0.3) is 5.56 Å². The Bertz CT molecular complexity index is 601. The molecule has 0 atom stereocenters. The van der Waals surface area contributed by atoms with E-state index in [1.165, 1.54) is 24.4 Å². The number of carboxylic acid groups (broad SMARTS) is 1. The van der Waals surface area contributed by atoms with Crippen molar-refractivity contribution in [2.24, 2.45) is 0 Å². The van der Waals surface area contributed by atoms with Gasteiger partial charge >= 0.3 is 5.97 Å². The molecule has 0 aliphatic rings. The number of nitrogen functional groups attached to an aromatic ring is 1. The second-order valence-corrected chi connectivity index (χ2v) is 3.14. The first-order chi connectivity index (χ1) is 7.09. The molecule has 0 fully saturated rings. The number of nitrogens with zero attached hydrogens (tertiary/aromatic N) is 1. The molecule has 3 N–H and O–H groups in total. The van der Waals surface area contributed by atoms with Crippen molar-refractivity contribution in [1.29, 1.82) is 0 Å². The van der Waals surface area contributed by atoms with Gasteiger partial charge in [-0.15, -0.1) is 0 Å². The Morgan fingerprint density at radius 3 is 2.73 bits per heavy atom. The molecule has 0 radical (unpaired) electrons. The predicted molar refractivity (Wildman–Crippen MR) is 55.3 cm³/mol. The molecule has 0 saturated carbocycles. The number of nitrogens with two attached hydrogens (primary N) is 1. The van der Waals surface area contributed by atoms with E-state index < -0.39 is 5.97 Å². The lowest BCUT2D eigenvalue weighted by Gasteiger charge is -2.01. The monoisotopic (exact) mass is 204 g/mol. The third-order valence-corrected chi connectivity index (χ3v) is 2.18. The molecule has 1 aromatic heterocycles. The highest BCUT2D eigenvalue weighted by Crippen LogP contribution is 2.11. The largest absolute Gasteiger partial charge is 0.478 e. The molecule has 0 bridgehead atoms. The third kappa shape index (κ3) is 1.43. The molecular weight excluding hydrogens is 196 g/mol. The molecule has 1 aromatic carbocycles. The van der Waals surface area contributed by atoms with Crippen LogP contribution in [-0.2, 0) is 0 Å². The minimum Gasteiger partial charge on any atom is -0.478 e. The molecule has 76 valence electrons. The maximum Gasteiger partial charge on any atom is 0.335 e. The van der Waals surface area contributed by atoms with Crippen LogP contribution in [0, 0.1) is 0 Å². The van der Waals surface area contributed by atoms with Crippen LogP contribution in [0.2, 0.25) is 0 Å². The van der Waals surface area contributed by atoms with Crippen molar-refractivity contribution in [1.82, 2.24) is 4.68 Å². The SMILES string of the molecule is Nn1ccc2cc(C(=O)O)ccc2c1=O. The van der Waals surface area contributed by atoms with Gasteiger partial charge in [0.15, 0.2) is 0 Å². The highest BCUT2D eigenvalue weighted by molar-refractivity contribution is 5.93. The molecule has 0 unspecified atom stereocenters. The fraction of sp³-hybridized carbons (Fsp3) is 0. The summed E-state index contributed by atoms with van der Waals surface area (Å²) in [4.78, 5) is 22.2. The van der Waals surface area contributed by atoms with E-state index in [1.807, 2.05) is 0 Å². The van der Waals surface area contributed by atoms with Gasteiger partial charge in [-0.3, -0.25) is 4.79 Å². The van der Waals surface area contributed by atoms with Gasteiger partial charge in [-0.2, -0.15) is 0 Å². The molecule has 0 amide bonds. The summed E-state index contributed by atoms with van der Waals surface area (Å²) in [7, 11) is 0. The number of carbonyl (C=O) groups is 1. The molecule has 2 aromatic rings. The third-order valence-electron chi connectivity index (χ3n) is 2.18. The highest BCUT2D eigenvalue weighted by atomic mass is 16.4. The van der Waals surface area contributed by atoms with E-state index >= 15 is 0 Å². The number of carboxylic acids is 1. The molecule has 0 aliphatic carbocycles. The number of aromatic nitrogens is 1. The lowest BCUT2D eigenvalue weighted by molar-refractivity contribution is 0.0697. The summed E-state index contributed by atoms with van der Waals surface area (Å²) in [6.45, 7) is 0. The molecule has 0 spiro atoms. The van der Waals surface area contributed by atoms with Gasteiger partial charge < -0.3 is 10.9 Å². The number of fused-ring (bicyclic) bond motifs is 1. The van der Waals surface area contributed by atoms with Gasteiger partial charge in [0.05, 0.1) is 5.56 Å². The molecule has 1 heterocycles. The Morgan fingerprint density at radius 2 is 2.07 bits per heavy atom. The van der Waals surface area contributed by atoms with Crippen molar-refractivity contribution >= 4 is 16.7 Å². The highest BCUT2D eigenvalue weighted by Gasteiger charge is 2.05. The van der Waals surface area contributed by atoms with E-state index in [0.717, 1.165) is 4.68 Å². The maximum atomic E-state index is 11.5. The van der Waals surface area contributed by atoms with Crippen molar-refractivity contribution in [2.75, 3.05) is 5.84 Å². The minimum absolute atomic E-state index is 0.150. The first-order valence-corrected chi connectivity index (χ1v) is 4.23. The number of aromatic carboxylic acids is 1. The van der Waals surface area contributed by atoms with Crippen LogP contribution < -0.4 is 11.4 Å². The van der Waals surface area contributed by atoms with Crippen LogP contribution in [0.5, 0.6) is 0 Å². The van der Waals surface area contributed by atoms with Gasteiger partial charge in [0, 0.05) is 11.6 Å². The summed E-state index contributed by atoms with van der Waals surface area (Å²) in [5.74, 6) is 4.35. The van der Waals surface area contributed by atoms with Crippen molar-refractivity contribution in [2.45, 2.75) is 0 Å². The fourth-order valence-electron chi connectivity index (χ4n) is 1.40. The van der Waals surface area contributed by atoms with Crippen LogP contribution in [0.25, 0.3) is 10.8 Å². The number of pyridine rings is 1. The Hall–Kier alpha value is -2.30. The van der Waals surface area contributed by atoms with Crippen molar-refractivity contribution < 1.29 is 9.90 Å². The molecule has 0 aliphatic heterocycles. The topological polar surface area (TPSA) is 85.3 Å². The normalized spacial score (nSPS) is 10.4. The average molecular weight is 204 g/mol. The molecular formula is C10H8N2O3. The number of hydrogen-bond donors (Lipinski definition) is 2. The first-order valence-electron chi connectivity index (χ1n) is 4.23. The van der Waals surface area contributed by atoms with Gasteiger partial charge in [-0.1, -0.05) is 0 Å². The van der Waals surface area contributed by atoms with E-state index in [9.17, 15) is 9.59 Å². The number of rotatable bonds is 1. The van der Waals surface area contributed by atoms with Crippen LogP contribution in [0.4, 0.5) is 0 Å². The Morgan fingerprint density at radius 1 is 1.33 bits per heavy atom. The van der Waals surface area contributed by atoms with E-state index in [-0.39, 0.29) is 11.1 Å². The van der Waals surface area contributed by atoms with Gasteiger partial charge in [0.2, 0.25) is 0 Å². The Balaban J connectivity index is 2.81. The van der Waals surface area contributed by atoms with Gasteiger partial charge in [-0.25, -0.2) is 9.47 Å². The number of hydrogen-bond acceptors (Lipinski definition) is 3. The lowest BCUT2D eigenvalue weighted by atomic mass is 10.1. The standard InChI is InChI=1S/C10H8N2O3/c11-12-4-3-6-5-7(10(14)15)1-2-8(6)9(12)13/h1-5H,11H2,(H,14,15). The molecule has 15 heavy (non-hydrogen) atoms. The van der Waals surface area contributed by atoms with E-state index in [4.69, 9.17) is 10.9 Å². The van der Waals surface area contributed by atoms with E-state index in [0.29, 0.717) is 10.8 Å². The van der Waals surface area contributed by atoms with Crippen molar-refractivity contribution in [3.8, 4) is 0 Å². The maximum absolute atomic E-state index is 11.5. The smallest absolute Gasteiger partial charge is 0.335 e.